The van der Waals surface area contributed by atoms with Gasteiger partial charge in [0.25, 0.3) is 0 Å². The van der Waals surface area contributed by atoms with Crippen molar-refractivity contribution in [3.8, 4) is 0 Å². The van der Waals surface area contributed by atoms with E-state index < -0.39 is 0 Å². The third kappa shape index (κ3) is 5.30. The number of amides is 1. The van der Waals surface area contributed by atoms with Crippen molar-refractivity contribution >= 4 is 34.8 Å². The molecular formula is C16H15Cl2FN2O. The topological polar surface area (TPSA) is 41.1 Å². The van der Waals surface area contributed by atoms with Crippen molar-refractivity contribution < 1.29 is 9.18 Å². The van der Waals surface area contributed by atoms with Crippen LogP contribution in [0.25, 0.3) is 0 Å². The highest BCUT2D eigenvalue weighted by molar-refractivity contribution is 6.35. The van der Waals surface area contributed by atoms with Gasteiger partial charge < -0.3 is 10.6 Å². The van der Waals surface area contributed by atoms with Crippen molar-refractivity contribution in [1.29, 1.82) is 0 Å². The maximum Gasteiger partial charge on any atom is 0.238 e. The molecule has 116 valence electrons. The summed E-state index contributed by atoms with van der Waals surface area (Å²) in [4.78, 5) is 11.8. The second-order valence-corrected chi connectivity index (χ2v) is 5.57. The van der Waals surface area contributed by atoms with Crippen LogP contribution in [-0.4, -0.2) is 19.0 Å². The van der Waals surface area contributed by atoms with Crippen molar-refractivity contribution in [2.75, 3.05) is 18.4 Å². The largest absolute Gasteiger partial charge is 0.324 e. The summed E-state index contributed by atoms with van der Waals surface area (Å²) in [6, 6.07) is 11.2. The molecule has 0 saturated heterocycles. The zero-order valence-electron chi connectivity index (χ0n) is 11.7. The third-order valence-electron chi connectivity index (χ3n) is 2.99. The van der Waals surface area contributed by atoms with Gasteiger partial charge in [0.1, 0.15) is 5.82 Å². The van der Waals surface area contributed by atoms with Gasteiger partial charge in [-0.05, 0) is 48.9 Å². The lowest BCUT2D eigenvalue weighted by Crippen LogP contribution is -2.29. The molecule has 1 amide bonds. The van der Waals surface area contributed by atoms with Crippen LogP contribution in [0.3, 0.4) is 0 Å². The summed E-state index contributed by atoms with van der Waals surface area (Å²) in [5.41, 5.74) is 1.49. The van der Waals surface area contributed by atoms with Crippen molar-refractivity contribution in [2.45, 2.75) is 6.42 Å². The fourth-order valence-electron chi connectivity index (χ4n) is 1.87. The lowest BCUT2D eigenvalue weighted by atomic mass is 10.1. The number of carbonyl (C=O) groups is 1. The maximum absolute atomic E-state index is 12.8. The number of benzene rings is 2. The van der Waals surface area contributed by atoms with Gasteiger partial charge in [0.15, 0.2) is 0 Å². The Morgan fingerprint density at radius 3 is 2.55 bits per heavy atom. The van der Waals surface area contributed by atoms with Gasteiger partial charge in [-0.2, -0.15) is 0 Å². The van der Waals surface area contributed by atoms with E-state index in [4.69, 9.17) is 23.2 Å². The minimum Gasteiger partial charge on any atom is -0.324 e. The van der Waals surface area contributed by atoms with Crippen molar-refractivity contribution in [1.82, 2.24) is 5.32 Å². The predicted octanol–water partition coefficient (Wildman–Crippen LogP) is 3.90. The highest BCUT2D eigenvalue weighted by atomic mass is 35.5. The molecule has 3 nitrogen and oxygen atoms in total. The van der Waals surface area contributed by atoms with Crippen LogP contribution in [0, 0.1) is 5.82 Å². The van der Waals surface area contributed by atoms with Crippen LogP contribution in [0.4, 0.5) is 10.1 Å². The SMILES string of the molecule is O=C(CNCCc1ccc(F)cc1)Nc1cc(Cl)ccc1Cl. The summed E-state index contributed by atoms with van der Waals surface area (Å²) >= 11 is 11.8. The quantitative estimate of drug-likeness (QED) is 0.783. The van der Waals surface area contributed by atoms with E-state index in [1.54, 1.807) is 30.3 Å². The number of carbonyl (C=O) groups excluding carboxylic acids is 1. The fourth-order valence-corrected chi connectivity index (χ4v) is 2.21. The van der Waals surface area contributed by atoms with Crippen molar-refractivity contribution in [2.24, 2.45) is 0 Å². The molecule has 0 saturated carbocycles. The summed E-state index contributed by atoms with van der Waals surface area (Å²) < 4.78 is 12.8. The molecule has 0 aliphatic rings. The van der Waals surface area contributed by atoms with Gasteiger partial charge in [-0.3, -0.25) is 4.79 Å². The second kappa shape index (κ2) is 8.13. The van der Waals surface area contributed by atoms with Crippen LogP contribution < -0.4 is 10.6 Å². The molecule has 0 atom stereocenters. The van der Waals surface area contributed by atoms with Crippen LogP contribution in [0.2, 0.25) is 10.0 Å². The number of nitrogens with one attached hydrogen (secondary N) is 2. The summed E-state index contributed by atoms with van der Waals surface area (Å²) in [6.45, 7) is 0.770. The fraction of sp³-hybridized carbons (Fsp3) is 0.188. The molecule has 0 radical (unpaired) electrons. The number of anilines is 1. The number of halogens is 3. The lowest BCUT2D eigenvalue weighted by molar-refractivity contribution is -0.115. The summed E-state index contributed by atoms with van der Waals surface area (Å²) in [6.07, 6.45) is 0.714. The van der Waals surface area contributed by atoms with Gasteiger partial charge in [-0.25, -0.2) is 4.39 Å². The monoisotopic (exact) mass is 340 g/mol. The Morgan fingerprint density at radius 2 is 1.82 bits per heavy atom. The summed E-state index contributed by atoms with van der Waals surface area (Å²) in [5.74, 6) is -0.460. The molecule has 22 heavy (non-hydrogen) atoms. The molecule has 0 spiro atoms. The van der Waals surface area contributed by atoms with E-state index in [0.29, 0.717) is 28.7 Å². The lowest BCUT2D eigenvalue weighted by Gasteiger charge is -2.08. The molecule has 2 aromatic carbocycles. The normalized spacial score (nSPS) is 10.5. The van der Waals surface area contributed by atoms with Crippen LogP contribution >= 0.6 is 23.2 Å². The Bertz CT molecular complexity index is 647. The zero-order chi connectivity index (χ0) is 15.9. The van der Waals surface area contributed by atoms with Gasteiger partial charge in [0, 0.05) is 5.02 Å². The Kier molecular flexibility index (Phi) is 6.19. The highest BCUT2D eigenvalue weighted by Gasteiger charge is 2.06. The molecule has 2 rings (SSSR count). The average Bonchev–Trinajstić information content (AvgIpc) is 2.49. The number of hydrogen-bond donors (Lipinski definition) is 2. The number of hydrogen-bond acceptors (Lipinski definition) is 2. The van der Waals surface area contributed by atoms with E-state index in [0.717, 1.165) is 5.56 Å². The first-order chi connectivity index (χ1) is 10.5. The first-order valence-electron chi connectivity index (χ1n) is 6.74. The number of rotatable bonds is 6. The molecule has 2 N–H and O–H groups in total. The zero-order valence-corrected chi connectivity index (χ0v) is 13.2. The van der Waals surface area contributed by atoms with Crippen LogP contribution in [0.1, 0.15) is 5.56 Å². The Hall–Kier alpha value is -1.62. The van der Waals surface area contributed by atoms with E-state index >= 15 is 0 Å². The van der Waals surface area contributed by atoms with E-state index in [2.05, 4.69) is 10.6 Å². The second-order valence-electron chi connectivity index (χ2n) is 4.73. The minimum atomic E-state index is -0.255. The first kappa shape index (κ1) is 16.7. The van der Waals surface area contributed by atoms with Gasteiger partial charge in [0.05, 0.1) is 17.3 Å². The van der Waals surface area contributed by atoms with Gasteiger partial charge in [0.2, 0.25) is 5.91 Å². The Morgan fingerprint density at radius 1 is 1.09 bits per heavy atom. The van der Waals surface area contributed by atoms with Crippen LogP contribution in [0.5, 0.6) is 0 Å². The van der Waals surface area contributed by atoms with E-state index in [1.807, 2.05) is 0 Å². The standard InChI is InChI=1S/C16H15Cl2FN2O/c17-12-3-6-14(18)15(9-12)21-16(22)10-20-8-7-11-1-4-13(19)5-2-11/h1-6,9,20H,7-8,10H2,(H,21,22). The van der Waals surface area contributed by atoms with Crippen LogP contribution in [0.15, 0.2) is 42.5 Å². The van der Waals surface area contributed by atoms with E-state index in [1.165, 1.54) is 12.1 Å². The van der Waals surface area contributed by atoms with Crippen molar-refractivity contribution in [3.63, 3.8) is 0 Å². The van der Waals surface area contributed by atoms with E-state index in [9.17, 15) is 9.18 Å². The molecule has 0 fully saturated rings. The molecule has 0 aliphatic heterocycles. The third-order valence-corrected chi connectivity index (χ3v) is 3.56. The van der Waals surface area contributed by atoms with Gasteiger partial charge >= 0.3 is 0 Å². The molecule has 6 heteroatoms. The average molecular weight is 341 g/mol. The molecule has 0 bridgehead atoms. The first-order valence-corrected chi connectivity index (χ1v) is 7.50. The van der Waals surface area contributed by atoms with Gasteiger partial charge in [-0.1, -0.05) is 35.3 Å². The maximum atomic E-state index is 12.8. The van der Waals surface area contributed by atoms with Gasteiger partial charge in [-0.15, -0.1) is 0 Å². The summed E-state index contributed by atoms with van der Waals surface area (Å²) in [5, 5.41) is 6.65. The molecule has 0 unspecified atom stereocenters. The highest BCUT2D eigenvalue weighted by Crippen LogP contribution is 2.25. The molecule has 0 aliphatic carbocycles. The minimum absolute atomic E-state index is 0.157. The van der Waals surface area contributed by atoms with Crippen LogP contribution in [-0.2, 0) is 11.2 Å². The van der Waals surface area contributed by atoms with E-state index in [-0.39, 0.29) is 18.3 Å². The smallest absolute Gasteiger partial charge is 0.238 e. The Balaban J connectivity index is 1.74. The molecule has 0 aromatic heterocycles. The molecule has 2 aromatic rings. The Labute approximate surface area is 138 Å². The summed E-state index contributed by atoms with van der Waals surface area (Å²) in [7, 11) is 0. The molecular weight excluding hydrogens is 326 g/mol. The molecule has 0 heterocycles. The predicted molar refractivity (Wildman–Crippen MR) is 88.1 cm³/mol. The van der Waals surface area contributed by atoms with Crippen molar-refractivity contribution in [3.05, 3.63) is 63.9 Å².